The Morgan fingerprint density at radius 2 is 1.80 bits per heavy atom. The molecule has 0 radical (unpaired) electrons. The lowest BCUT2D eigenvalue weighted by Gasteiger charge is -2.25. The fourth-order valence-corrected chi connectivity index (χ4v) is 3.46. The van der Waals surface area contributed by atoms with Gasteiger partial charge in [-0.15, -0.1) is 11.3 Å². The van der Waals surface area contributed by atoms with Crippen LogP contribution in [0.4, 0.5) is 4.39 Å². The number of benzene rings is 2. The molecule has 3 rings (SSSR count). The largest absolute Gasteiger partial charge is 0.321 e. The van der Waals surface area contributed by atoms with Crippen molar-refractivity contribution < 1.29 is 4.39 Å². The monoisotopic (exact) mass is 285 g/mol. The van der Waals surface area contributed by atoms with Crippen molar-refractivity contribution in [2.75, 3.05) is 0 Å². The van der Waals surface area contributed by atoms with Gasteiger partial charge in [0.1, 0.15) is 5.82 Å². The van der Waals surface area contributed by atoms with Crippen LogP contribution in [0.25, 0.3) is 10.1 Å². The predicted octanol–water partition coefficient (Wildman–Crippen LogP) is 4.46. The maximum atomic E-state index is 13.0. The number of thiophene rings is 1. The highest BCUT2D eigenvalue weighted by Crippen LogP contribution is 2.31. The van der Waals surface area contributed by atoms with Crippen LogP contribution >= 0.6 is 11.3 Å². The van der Waals surface area contributed by atoms with Gasteiger partial charge in [0, 0.05) is 10.2 Å². The summed E-state index contributed by atoms with van der Waals surface area (Å²) in [6.45, 7) is 1.99. The summed E-state index contributed by atoms with van der Waals surface area (Å²) in [6, 6.07) is 14.8. The van der Waals surface area contributed by atoms with E-state index in [1.54, 1.807) is 23.5 Å². The molecule has 2 N–H and O–H groups in total. The van der Waals surface area contributed by atoms with Crippen molar-refractivity contribution in [1.29, 1.82) is 0 Å². The third kappa shape index (κ3) is 2.47. The highest BCUT2D eigenvalue weighted by Gasteiger charge is 2.23. The van der Waals surface area contributed by atoms with Gasteiger partial charge in [-0.05, 0) is 53.4 Å². The SMILES string of the molecule is CC(N)(Cc1csc2ccccc12)c1ccc(F)cc1. The maximum Gasteiger partial charge on any atom is 0.123 e. The van der Waals surface area contributed by atoms with Crippen LogP contribution < -0.4 is 5.73 Å². The first-order chi connectivity index (χ1) is 9.56. The molecular weight excluding hydrogens is 269 g/mol. The van der Waals surface area contributed by atoms with Crippen LogP contribution in [-0.2, 0) is 12.0 Å². The summed E-state index contributed by atoms with van der Waals surface area (Å²) >= 11 is 1.74. The smallest absolute Gasteiger partial charge is 0.123 e. The second-order valence-corrected chi connectivity index (χ2v) is 6.27. The molecule has 0 spiro atoms. The molecule has 102 valence electrons. The molecule has 0 bridgehead atoms. The van der Waals surface area contributed by atoms with Crippen molar-refractivity contribution in [1.82, 2.24) is 0 Å². The minimum atomic E-state index is -0.502. The van der Waals surface area contributed by atoms with E-state index in [2.05, 4.69) is 17.5 Å². The normalized spacial score (nSPS) is 14.3. The Balaban J connectivity index is 1.94. The average Bonchev–Trinajstić information content (AvgIpc) is 2.82. The van der Waals surface area contributed by atoms with Crippen LogP contribution in [0.1, 0.15) is 18.1 Å². The molecule has 0 amide bonds. The Hall–Kier alpha value is -1.71. The predicted molar refractivity (Wildman–Crippen MR) is 83.5 cm³/mol. The molecule has 3 heteroatoms. The second-order valence-electron chi connectivity index (χ2n) is 5.36. The standard InChI is InChI=1S/C17H16FNS/c1-17(19,13-6-8-14(18)9-7-13)10-12-11-20-16-5-3-2-4-15(12)16/h2-9,11H,10,19H2,1H3. The lowest BCUT2D eigenvalue weighted by molar-refractivity contribution is 0.492. The van der Waals surface area contributed by atoms with Gasteiger partial charge in [-0.25, -0.2) is 4.39 Å². The molecule has 1 heterocycles. The van der Waals surface area contributed by atoms with Gasteiger partial charge in [-0.1, -0.05) is 30.3 Å². The molecule has 20 heavy (non-hydrogen) atoms. The number of hydrogen-bond acceptors (Lipinski definition) is 2. The number of nitrogens with two attached hydrogens (primary N) is 1. The summed E-state index contributed by atoms with van der Waals surface area (Å²) in [7, 11) is 0. The van der Waals surface area contributed by atoms with Gasteiger partial charge >= 0.3 is 0 Å². The first-order valence-corrected chi connectivity index (χ1v) is 7.44. The molecule has 1 atom stereocenters. The summed E-state index contributed by atoms with van der Waals surface area (Å²) in [5.41, 5.74) is 8.15. The van der Waals surface area contributed by atoms with E-state index >= 15 is 0 Å². The van der Waals surface area contributed by atoms with Crippen molar-refractivity contribution in [3.8, 4) is 0 Å². The van der Waals surface area contributed by atoms with Crippen molar-refractivity contribution in [2.45, 2.75) is 18.9 Å². The minimum Gasteiger partial charge on any atom is -0.321 e. The lowest BCUT2D eigenvalue weighted by atomic mass is 9.86. The van der Waals surface area contributed by atoms with Gasteiger partial charge in [0.05, 0.1) is 0 Å². The van der Waals surface area contributed by atoms with Crippen LogP contribution in [0.3, 0.4) is 0 Å². The quantitative estimate of drug-likeness (QED) is 0.755. The van der Waals surface area contributed by atoms with Crippen LogP contribution in [0.15, 0.2) is 53.9 Å². The van der Waals surface area contributed by atoms with Gasteiger partial charge in [0.15, 0.2) is 0 Å². The molecule has 1 aromatic heterocycles. The van der Waals surface area contributed by atoms with Crippen molar-refractivity contribution in [2.24, 2.45) is 5.73 Å². The first kappa shape index (κ1) is 13.3. The molecule has 1 unspecified atom stereocenters. The first-order valence-electron chi connectivity index (χ1n) is 6.56. The second kappa shape index (κ2) is 5.00. The summed E-state index contributed by atoms with van der Waals surface area (Å²) in [6.07, 6.45) is 0.739. The van der Waals surface area contributed by atoms with E-state index in [-0.39, 0.29) is 5.82 Å². The van der Waals surface area contributed by atoms with Crippen LogP contribution in [0, 0.1) is 5.82 Å². The van der Waals surface area contributed by atoms with Gasteiger partial charge < -0.3 is 5.73 Å². The van der Waals surface area contributed by atoms with E-state index < -0.39 is 5.54 Å². The molecule has 0 fully saturated rings. The van der Waals surface area contributed by atoms with Crippen LogP contribution in [0.5, 0.6) is 0 Å². The Kier molecular flexibility index (Phi) is 3.32. The fourth-order valence-electron chi connectivity index (χ4n) is 2.50. The van der Waals surface area contributed by atoms with Crippen molar-refractivity contribution >= 4 is 21.4 Å². The van der Waals surface area contributed by atoms with E-state index in [4.69, 9.17) is 5.73 Å². The number of rotatable bonds is 3. The summed E-state index contributed by atoms with van der Waals surface area (Å²) in [4.78, 5) is 0. The van der Waals surface area contributed by atoms with E-state index in [0.29, 0.717) is 0 Å². The summed E-state index contributed by atoms with van der Waals surface area (Å²) in [5, 5.41) is 3.43. The lowest BCUT2D eigenvalue weighted by Crippen LogP contribution is -2.35. The van der Waals surface area contributed by atoms with Gasteiger partial charge in [0.2, 0.25) is 0 Å². The van der Waals surface area contributed by atoms with E-state index in [1.165, 1.54) is 27.8 Å². The van der Waals surface area contributed by atoms with E-state index in [0.717, 1.165) is 12.0 Å². The fraction of sp³-hybridized carbons (Fsp3) is 0.176. The molecular formula is C17H16FNS. The van der Waals surface area contributed by atoms with Crippen LogP contribution in [-0.4, -0.2) is 0 Å². The zero-order chi connectivity index (χ0) is 14.2. The molecule has 0 aliphatic rings. The number of halogens is 1. The Morgan fingerprint density at radius 1 is 1.10 bits per heavy atom. The van der Waals surface area contributed by atoms with E-state index in [1.807, 2.05) is 19.1 Å². The molecule has 0 saturated carbocycles. The molecule has 0 aliphatic heterocycles. The molecule has 2 aromatic carbocycles. The zero-order valence-electron chi connectivity index (χ0n) is 11.3. The minimum absolute atomic E-state index is 0.231. The Morgan fingerprint density at radius 3 is 2.55 bits per heavy atom. The summed E-state index contributed by atoms with van der Waals surface area (Å²) < 4.78 is 14.3. The number of fused-ring (bicyclic) bond motifs is 1. The molecule has 0 saturated heterocycles. The zero-order valence-corrected chi connectivity index (χ0v) is 12.1. The summed E-state index contributed by atoms with van der Waals surface area (Å²) in [5.74, 6) is -0.231. The number of hydrogen-bond donors (Lipinski definition) is 1. The van der Waals surface area contributed by atoms with Gasteiger partial charge in [-0.3, -0.25) is 0 Å². The Bertz CT molecular complexity index is 728. The van der Waals surface area contributed by atoms with Crippen molar-refractivity contribution in [3.05, 3.63) is 70.9 Å². The highest BCUT2D eigenvalue weighted by atomic mass is 32.1. The maximum absolute atomic E-state index is 13.0. The topological polar surface area (TPSA) is 26.0 Å². The van der Waals surface area contributed by atoms with Crippen LogP contribution in [0.2, 0.25) is 0 Å². The molecule has 1 nitrogen and oxygen atoms in total. The van der Waals surface area contributed by atoms with Crippen molar-refractivity contribution in [3.63, 3.8) is 0 Å². The third-order valence-corrected chi connectivity index (χ3v) is 4.63. The molecule has 3 aromatic rings. The highest BCUT2D eigenvalue weighted by molar-refractivity contribution is 7.17. The van der Waals surface area contributed by atoms with E-state index in [9.17, 15) is 4.39 Å². The Labute approximate surface area is 121 Å². The van der Waals surface area contributed by atoms with Gasteiger partial charge in [0.25, 0.3) is 0 Å². The third-order valence-electron chi connectivity index (χ3n) is 3.62. The average molecular weight is 285 g/mol. The van der Waals surface area contributed by atoms with Gasteiger partial charge in [-0.2, -0.15) is 0 Å². The molecule has 0 aliphatic carbocycles.